The molecule has 0 aliphatic rings. The Morgan fingerprint density at radius 3 is 2.67 bits per heavy atom. The lowest BCUT2D eigenvalue weighted by molar-refractivity contribution is 0.626. The van der Waals surface area contributed by atoms with Crippen molar-refractivity contribution < 1.29 is 0 Å². The van der Waals surface area contributed by atoms with Crippen LogP contribution in [0.1, 0.15) is 19.5 Å². The molecule has 2 rings (SSSR count). The smallest absolute Gasteiger partial charge is 0.285 e. The predicted octanol–water partition coefficient (Wildman–Crippen LogP) is 3.89. The Labute approximate surface area is 122 Å². The van der Waals surface area contributed by atoms with E-state index in [9.17, 15) is 4.79 Å². The van der Waals surface area contributed by atoms with Gasteiger partial charge in [-0.15, -0.1) is 0 Å². The molecule has 96 valence electrons. The van der Waals surface area contributed by atoms with E-state index in [0.29, 0.717) is 10.4 Å². The van der Waals surface area contributed by atoms with Gasteiger partial charge in [-0.3, -0.25) is 9.89 Å². The number of H-pyrrole nitrogens is 1. The second kappa shape index (κ2) is 5.45. The van der Waals surface area contributed by atoms with E-state index < -0.39 is 0 Å². The topological polar surface area (TPSA) is 37.8 Å². The highest BCUT2D eigenvalue weighted by Crippen LogP contribution is 2.18. The van der Waals surface area contributed by atoms with Crippen LogP contribution in [0.2, 0.25) is 0 Å². The fraction of sp³-hybridized carbons (Fsp3) is 0.308. The lowest BCUT2D eigenvalue weighted by Crippen LogP contribution is -2.14. The number of nitrogens with one attached hydrogen (secondary N) is 1. The lowest BCUT2D eigenvalue weighted by atomic mass is 10.1. The SMILES string of the molecule is CC(C)Cc1[nH]n(-c2cccc(Br)c2)c(=O)c1Br. The summed E-state index contributed by atoms with van der Waals surface area (Å²) in [6, 6.07) is 7.64. The molecule has 1 N–H and O–H groups in total. The van der Waals surface area contributed by atoms with E-state index in [-0.39, 0.29) is 5.56 Å². The molecule has 3 nitrogen and oxygen atoms in total. The lowest BCUT2D eigenvalue weighted by Gasteiger charge is -2.04. The number of hydrogen-bond donors (Lipinski definition) is 1. The molecular weight excluding hydrogens is 360 g/mol. The molecule has 18 heavy (non-hydrogen) atoms. The Morgan fingerprint density at radius 2 is 2.06 bits per heavy atom. The van der Waals surface area contributed by atoms with E-state index in [1.165, 1.54) is 0 Å². The van der Waals surface area contributed by atoms with Gasteiger partial charge in [0.1, 0.15) is 4.47 Å². The Morgan fingerprint density at radius 1 is 1.33 bits per heavy atom. The zero-order valence-electron chi connectivity index (χ0n) is 10.2. The highest BCUT2D eigenvalue weighted by atomic mass is 79.9. The Kier molecular flexibility index (Phi) is 4.12. The molecular formula is C13H14Br2N2O. The monoisotopic (exact) mass is 372 g/mol. The molecule has 0 aliphatic carbocycles. The molecule has 0 saturated heterocycles. The summed E-state index contributed by atoms with van der Waals surface area (Å²) in [6.07, 6.45) is 0.844. The summed E-state index contributed by atoms with van der Waals surface area (Å²) in [4.78, 5) is 12.2. The van der Waals surface area contributed by atoms with E-state index in [0.717, 1.165) is 22.3 Å². The highest BCUT2D eigenvalue weighted by molar-refractivity contribution is 9.10. The van der Waals surface area contributed by atoms with Crippen LogP contribution in [0.3, 0.4) is 0 Å². The summed E-state index contributed by atoms with van der Waals surface area (Å²) >= 11 is 6.78. The van der Waals surface area contributed by atoms with Crippen molar-refractivity contribution in [3.05, 3.63) is 49.3 Å². The molecule has 0 atom stereocenters. The van der Waals surface area contributed by atoms with Crippen molar-refractivity contribution >= 4 is 31.9 Å². The molecule has 0 fully saturated rings. The van der Waals surface area contributed by atoms with E-state index in [4.69, 9.17) is 0 Å². The van der Waals surface area contributed by atoms with Crippen molar-refractivity contribution in [3.8, 4) is 5.69 Å². The van der Waals surface area contributed by atoms with Crippen molar-refractivity contribution in [2.24, 2.45) is 5.92 Å². The zero-order chi connectivity index (χ0) is 13.3. The second-order valence-electron chi connectivity index (χ2n) is 4.62. The minimum absolute atomic E-state index is 0.0521. The number of nitrogens with zero attached hydrogens (tertiary/aromatic N) is 1. The van der Waals surface area contributed by atoms with Gasteiger partial charge in [0, 0.05) is 4.47 Å². The predicted molar refractivity (Wildman–Crippen MR) is 80.3 cm³/mol. The normalized spacial score (nSPS) is 11.2. The first-order valence-corrected chi connectivity index (χ1v) is 7.33. The first-order valence-electron chi connectivity index (χ1n) is 5.74. The molecule has 0 aliphatic heterocycles. The fourth-order valence-corrected chi connectivity index (χ4v) is 2.62. The summed E-state index contributed by atoms with van der Waals surface area (Å²) in [7, 11) is 0. The molecule has 0 amide bonds. The summed E-state index contributed by atoms with van der Waals surface area (Å²) in [5.41, 5.74) is 1.71. The Hall–Kier alpha value is -0.810. The molecule has 0 saturated carbocycles. The molecule has 0 spiro atoms. The van der Waals surface area contributed by atoms with Gasteiger partial charge in [-0.25, -0.2) is 4.68 Å². The van der Waals surface area contributed by atoms with Gasteiger partial charge in [-0.1, -0.05) is 35.8 Å². The van der Waals surface area contributed by atoms with Crippen LogP contribution in [0.25, 0.3) is 5.69 Å². The number of aromatic amines is 1. The summed E-state index contributed by atoms with van der Waals surface area (Å²) in [5.74, 6) is 0.496. The molecule has 1 heterocycles. The summed E-state index contributed by atoms with van der Waals surface area (Å²) < 4.78 is 3.13. The average molecular weight is 374 g/mol. The third kappa shape index (κ3) is 2.78. The van der Waals surface area contributed by atoms with Crippen molar-refractivity contribution in [1.82, 2.24) is 9.78 Å². The molecule has 0 unspecified atom stereocenters. The van der Waals surface area contributed by atoms with Gasteiger partial charge < -0.3 is 0 Å². The first-order chi connectivity index (χ1) is 8.49. The van der Waals surface area contributed by atoms with Gasteiger partial charge in [0.15, 0.2) is 0 Å². The molecule has 2 aromatic rings. The van der Waals surface area contributed by atoms with Crippen molar-refractivity contribution in [1.29, 1.82) is 0 Å². The third-order valence-corrected chi connectivity index (χ3v) is 3.89. The van der Waals surface area contributed by atoms with Gasteiger partial charge in [-0.2, -0.15) is 0 Å². The highest BCUT2D eigenvalue weighted by Gasteiger charge is 2.13. The molecule has 1 aromatic heterocycles. The first kappa shape index (κ1) is 13.6. The van der Waals surface area contributed by atoms with Gasteiger partial charge in [0.25, 0.3) is 5.56 Å². The van der Waals surface area contributed by atoms with Crippen LogP contribution >= 0.6 is 31.9 Å². The minimum atomic E-state index is -0.0521. The molecule has 5 heteroatoms. The van der Waals surface area contributed by atoms with Crippen molar-refractivity contribution in [2.75, 3.05) is 0 Å². The van der Waals surface area contributed by atoms with Gasteiger partial charge >= 0.3 is 0 Å². The van der Waals surface area contributed by atoms with E-state index in [2.05, 4.69) is 50.8 Å². The molecule has 1 aromatic carbocycles. The van der Waals surface area contributed by atoms with Gasteiger partial charge in [-0.05, 0) is 46.5 Å². The third-order valence-electron chi connectivity index (χ3n) is 2.58. The molecule has 0 radical (unpaired) electrons. The van der Waals surface area contributed by atoms with Crippen LogP contribution in [0, 0.1) is 5.92 Å². The maximum absolute atomic E-state index is 12.2. The largest absolute Gasteiger partial charge is 0.294 e. The number of benzene rings is 1. The summed E-state index contributed by atoms with van der Waals surface area (Å²) in [5, 5.41) is 3.16. The van der Waals surface area contributed by atoms with Crippen LogP contribution in [-0.4, -0.2) is 9.78 Å². The second-order valence-corrected chi connectivity index (χ2v) is 6.33. The van der Waals surface area contributed by atoms with E-state index >= 15 is 0 Å². The molecule has 0 bridgehead atoms. The quantitative estimate of drug-likeness (QED) is 0.870. The number of halogens is 2. The number of hydrogen-bond acceptors (Lipinski definition) is 1. The minimum Gasteiger partial charge on any atom is -0.294 e. The van der Waals surface area contributed by atoms with Crippen molar-refractivity contribution in [3.63, 3.8) is 0 Å². The maximum atomic E-state index is 12.2. The van der Waals surface area contributed by atoms with Gasteiger partial charge in [0.2, 0.25) is 0 Å². The van der Waals surface area contributed by atoms with Crippen LogP contribution in [0.15, 0.2) is 38.0 Å². The fourth-order valence-electron chi connectivity index (χ4n) is 1.80. The zero-order valence-corrected chi connectivity index (χ0v) is 13.4. The Bertz CT molecular complexity index is 614. The van der Waals surface area contributed by atoms with Crippen LogP contribution in [0.5, 0.6) is 0 Å². The van der Waals surface area contributed by atoms with Gasteiger partial charge in [0.05, 0.1) is 11.4 Å². The van der Waals surface area contributed by atoms with Crippen molar-refractivity contribution in [2.45, 2.75) is 20.3 Å². The Balaban J connectivity index is 2.49. The van der Waals surface area contributed by atoms with Crippen LogP contribution in [-0.2, 0) is 6.42 Å². The number of rotatable bonds is 3. The number of aromatic nitrogens is 2. The van der Waals surface area contributed by atoms with E-state index in [1.807, 2.05) is 24.3 Å². The average Bonchev–Trinajstić information content (AvgIpc) is 2.57. The van der Waals surface area contributed by atoms with Crippen LogP contribution < -0.4 is 5.56 Å². The van der Waals surface area contributed by atoms with Crippen LogP contribution in [0.4, 0.5) is 0 Å². The standard InChI is InChI=1S/C13H14Br2N2O/c1-8(2)6-11-12(15)13(18)17(16-11)10-5-3-4-9(14)7-10/h3-5,7-8,16H,6H2,1-2H3. The summed E-state index contributed by atoms with van der Waals surface area (Å²) in [6.45, 7) is 4.25. The maximum Gasteiger partial charge on any atom is 0.285 e. The van der Waals surface area contributed by atoms with E-state index in [1.54, 1.807) is 4.68 Å².